The lowest BCUT2D eigenvalue weighted by molar-refractivity contribution is -0.105. The Kier molecular flexibility index (Phi) is 9.40. The number of anilines is 2. The van der Waals surface area contributed by atoms with Gasteiger partial charge in [0.15, 0.2) is 5.13 Å². The summed E-state index contributed by atoms with van der Waals surface area (Å²) in [5, 5.41) is 7.57. The molecular weight excluding hydrogens is 430 g/mol. The Morgan fingerprint density at radius 3 is 2.53 bits per heavy atom. The van der Waals surface area contributed by atoms with Gasteiger partial charge in [-0.2, -0.15) is 0 Å². The fourth-order valence-corrected chi connectivity index (χ4v) is 3.74. The number of thiazole rings is 1. The van der Waals surface area contributed by atoms with Gasteiger partial charge in [-0.25, -0.2) is 14.8 Å². The number of morpholine rings is 1. The molecule has 0 aromatic carbocycles. The summed E-state index contributed by atoms with van der Waals surface area (Å²) < 4.78 is 10.7. The van der Waals surface area contributed by atoms with Crippen molar-refractivity contribution in [3.63, 3.8) is 0 Å². The van der Waals surface area contributed by atoms with Gasteiger partial charge < -0.3 is 25.0 Å². The van der Waals surface area contributed by atoms with Crippen LogP contribution in [0.4, 0.5) is 15.7 Å². The van der Waals surface area contributed by atoms with Crippen molar-refractivity contribution < 1.29 is 19.1 Å². The number of rotatable bonds is 5. The highest BCUT2D eigenvalue weighted by Gasteiger charge is 2.23. The monoisotopic (exact) mass is 463 g/mol. The summed E-state index contributed by atoms with van der Waals surface area (Å²) in [6.45, 7) is 13.8. The molecule has 3 rings (SSSR count). The van der Waals surface area contributed by atoms with Crippen LogP contribution in [0.2, 0.25) is 0 Å². The fourth-order valence-electron chi connectivity index (χ4n) is 3.07. The zero-order valence-electron chi connectivity index (χ0n) is 19.5. The maximum Gasteiger partial charge on any atom is 0.407 e. The van der Waals surface area contributed by atoms with Crippen LogP contribution in [0, 0.1) is 0 Å². The van der Waals surface area contributed by atoms with Gasteiger partial charge in [0, 0.05) is 25.0 Å². The molecule has 32 heavy (non-hydrogen) atoms. The van der Waals surface area contributed by atoms with E-state index in [1.807, 2.05) is 51.3 Å². The van der Waals surface area contributed by atoms with Crippen molar-refractivity contribution in [1.82, 2.24) is 15.3 Å². The van der Waals surface area contributed by atoms with Crippen LogP contribution in [-0.4, -0.2) is 59.9 Å². The van der Waals surface area contributed by atoms with Crippen LogP contribution >= 0.6 is 11.3 Å². The summed E-state index contributed by atoms with van der Waals surface area (Å²) in [5.74, 6) is 0.928. The molecule has 0 spiro atoms. The van der Waals surface area contributed by atoms with Gasteiger partial charge in [0.05, 0.1) is 17.9 Å². The van der Waals surface area contributed by atoms with Crippen molar-refractivity contribution in [2.45, 2.75) is 59.4 Å². The fraction of sp³-hybridized carbons (Fsp3) is 0.545. The molecule has 2 unspecified atom stereocenters. The molecule has 2 N–H and O–H groups in total. The van der Waals surface area contributed by atoms with E-state index in [1.165, 1.54) is 11.3 Å². The second-order valence-electron chi connectivity index (χ2n) is 8.38. The van der Waals surface area contributed by atoms with Crippen LogP contribution in [0.15, 0.2) is 23.6 Å². The molecule has 1 aliphatic rings. The number of nitrogens with zero attached hydrogens (tertiary/aromatic N) is 3. The van der Waals surface area contributed by atoms with Gasteiger partial charge >= 0.3 is 6.09 Å². The Balaban J connectivity index is 0.000000309. The topological polar surface area (TPSA) is 106 Å². The average molecular weight is 464 g/mol. The Morgan fingerprint density at radius 1 is 1.25 bits per heavy atom. The number of hydrogen-bond acceptors (Lipinski definition) is 8. The van der Waals surface area contributed by atoms with E-state index in [-0.39, 0.29) is 23.9 Å². The molecule has 2 aromatic heterocycles. The van der Waals surface area contributed by atoms with Crippen LogP contribution in [0.3, 0.4) is 0 Å². The number of alkyl carbamates (subject to hydrolysis) is 1. The third kappa shape index (κ3) is 8.43. The summed E-state index contributed by atoms with van der Waals surface area (Å²) in [4.78, 5) is 32.5. The number of carbonyl (C=O) groups excluding carboxylic acids is 2. The summed E-state index contributed by atoms with van der Waals surface area (Å²) in [6, 6.07) is 5.91. The highest BCUT2D eigenvalue weighted by Crippen LogP contribution is 2.26. The molecule has 2 amide bonds. The molecule has 1 fully saturated rings. The Morgan fingerprint density at radius 2 is 1.94 bits per heavy atom. The zero-order valence-corrected chi connectivity index (χ0v) is 20.4. The van der Waals surface area contributed by atoms with E-state index in [2.05, 4.69) is 34.4 Å². The molecule has 2 atom stereocenters. The Labute approximate surface area is 193 Å². The number of pyridine rings is 1. The third-order valence-corrected chi connectivity index (χ3v) is 4.92. The lowest BCUT2D eigenvalue weighted by Crippen LogP contribution is -2.45. The first-order valence-electron chi connectivity index (χ1n) is 10.6. The number of carbonyl (C=O) groups is 2. The van der Waals surface area contributed by atoms with Gasteiger partial charge in [0.25, 0.3) is 0 Å². The van der Waals surface area contributed by atoms with Crippen LogP contribution in [0.1, 0.15) is 41.5 Å². The van der Waals surface area contributed by atoms with E-state index in [4.69, 9.17) is 14.5 Å². The zero-order chi connectivity index (χ0) is 23.7. The molecule has 0 bridgehead atoms. The highest BCUT2D eigenvalue weighted by molar-refractivity contribution is 7.14. The SMILES string of the molecule is CC1CN(c2cccc(-c3csc(NC=O)n3)n2)CC(C)O1.CCNC(=O)OC(C)(C)C. The highest BCUT2D eigenvalue weighted by atomic mass is 32.1. The standard InChI is InChI=1S/C15H18N4O2S.C7H15NO2/c1-10-6-19(7-11(2)21-10)14-5-3-4-12(17-14)13-8-22-15(18-13)16-9-20;1-5-8-6(9)10-7(2,3)4/h3-5,8-11H,6-7H2,1-2H3,(H,16,18,20);5H2,1-4H3,(H,8,9). The molecule has 1 aliphatic heterocycles. The number of amides is 2. The molecule has 1 saturated heterocycles. The maximum atomic E-state index is 10.7. The Hall–Kier alpha value is -2.72. The first kappa shape index (κ1) is 25.5. The van der Waals surface area contributed by atoms with Gasteiger partial charge in [-0.1, -0.05) is 6.07 Å². The van der Waals surface area contributed by atoms with E-state index in [0.29, 0.717) is 18.1 Å². The summed E-state index contributed by atoms with van der Waals surface area (Å²) in [7, 11) is 0. The predicted molar refractivity (Wildman–Crippen MR) is 127 cm³/mol. The minimum absolute atomic E-state index is 0.192. The average Bonchev–Trinajstić information content (AvgIpc) is 3.16. The first-order chi connectivity index (χ1) is 15.1. The van der Waals surface area contributed by atoms with E-state index in [9.17, 15) is 9.59 Å². The van der Waals surface area contributed by atoms with Crippen molar-refractivity contribution >= 4 is 34.8 Å². The number of ether oxygens (including phenoxy) is 2. The first-order valence-corrected chi connectivity index (χ1v) is 11.5. The summed E-state index contributed by atoms with van der Waals surface area (Å²) in [5.41, 5.74) is 1.18. The van der Waals surface area contributed by atoms with Crippen LogP contribution in [0.5, 0.6) is 0 Å². The van der Waals surface area contributed by atoms with Gasteiger partial charge in [-0.05, 0) is 53.7 Å². The van der Waals surface area contributed by atoms with Crippen molar-refractivity contribution in [3.05, 3.63) is 23.6 Å². The third-order valence-electron chi connectivity index (χ3n) is 4.15. The molecule has 3 heterocycles. The second-order valence-corrected chi connectivity index (χ2v) is 9.23. The second kappa shape index (κ2) is 11.8. The van der Waals surface area contributed by atoms with Crippen molar-refractivity contribution in [2.24, 2.45) is 0 Å². The largest absolute Gasteiger partial charge is 0.444 e. The van der Waals surface area contributed by atoms with E-state index in [0.717, 1.165) is 30.3 Å². The number of hydrogen-bond donors (Lipinski definition) is 2. The lowest BCUT2D eigenvalue weighted by Gasteiger charge is -2.36. The minimum Gasteiger partial charge on any atom is -0.444 e. The molecular formula is C22H33N5O4S. The van der Waals surface area contributed by atoms with Gasteiger partial charge in [-0.15, -0.1) is 11.3 Å². The molecule has 176 valence electrons. The van der Waals surface area contributed by atoms with Crippen molar-refractivity contribution in [1.29, 1.82) is 0 Å². The normalized spacial score (nSPS) is 18.2. The van der Waals surface area contributed by atoms with E-state index < -0.39 is 0 Å². The molecule has 2 aromatic rings. The summed E-state index contributed by atoms with van der Waals surface area (Å²) in [6.07, 6.45) is 0.659. The van der Waals surface area contributed by atoms with Crippen molar-refractivity contribution in [2.75, 3.05) is 29.9 Å². The lowest BCUT2D eigenvalue weighted by atomic mass is 10.2. The predicted octanol–water partition coefficient (Wildman–Crippen LogP) is 3.92. The van der Waals surface area contributed by atoms with Crippen LogP contribution in [0.25, 0.3) is 11.4 Å². The molecule has 0 saturated carbocycles. The van der Waals surface area contributed by atoms with Crippen molar-refractivity contribution in [3.8, 4) is 11.4 Å². The quantitative estimate of drug-likeness (QED) is 0.648. The van der Waals surface area contributed by atoms with Crippen LogP contribution in [-0.2, 0) is 14.3 Å². The van der Waals surface area contributed by atoms with E-state index in [1.54, 1.807) is 0 Å². The van der Waals surface area contributed by atoms with E-state index >= 15 is 0 Å². The number of aromatic nitrogens is 2. The maximum absolute atomic E-state index is 10.7. The minimum atomic E-state index is -0.390. The van der Waals surface area contributed by atoms with Gasteiger partial charge in [-0.3, -0.25) is 4.79 Å². The molecule has 0 radical (unpaired) electrons. The summed E-state index contributed by atoms with van der Waals surface area (Å²) >= 11 is 1.38. The smallest absolute Gasteiger partial charge is 0.407 e. The molecule has 9 nitrogen and oxygen atoms in total. The molecule has 0 aliphatic carbocycles. The van der Waals surface area contributed by atoms with Crippen LogP contribution < -0.4 is 15.5 Å². The Bertz CT molecular complexity index is 873. The molecule has 10 heteroatoms. The number of nitrogens with one attached hydrogen (secondary N) is 2. The van der Waals surface area contributed by atoms with Gasteiger partial charge in [0.2, 0.25) is 6.41 Å². The van der Waals surface area contributed by atoms with Gasteiger partial charge in [0.1, 0.15) is 17.1 Å².